The molecule has 5 rings (SSSR count). The van der Waals surface area contributed by atoms with E-state index >= 15 is 0 Å². The van der Waals surface area contributed by atoms with Gasteiger partial charge in [-0.15, -0.1) is 0 Å². The van der Waals surface area contributed by atoms with Crippen molar-refractivity contribution in [3.63, 3.8) is 0 Å². The summed E-state index contributed by atoms with van der Waals surface area (Å²) < 4.78 is 4.05. The minimum Gasteiger partial charge on any atom is -0.382 e. The van der Waals surface area contributed by atoms with Gasteiger partial charge in [0.2, 0.25) is 0 Å². The molecule has 2 aromatic carbocycles. The minimum atomic E-state index is -0.158. The molecule has 2 N–H and O–H groups in total. The molecule has 0 saturated heterocycles. The van der Waals surface area contributed by atoms with Crippen molar-refractivity contribution < 1.29 is 0 Å². The van der Waals surface area contributed by atoms with E-state index in [1.807, 2.05) is 53.1 Å². The van der Waals surface area contributed by atoms with Crippen LogP contribution in [0.15, 0.2) is 71.1 Å². The van der Waals surface area contributed by atoms with Gasteiger partial charge >= 0.3 is 0 Å². The molecular formula is C20H16ClN7S. The molecule has 0 aliphatic carbocycles. The average molecular weight is 422 g/mol. The minimum absolute atomic E-state index is 0.158. The lowest BCUT2D eigenvalue weighted by Crippen LogP contribution is -2.33. The fourth-order valence-corrected chi connectivity index (χ4v) is 4.60. The first-order chi connectivity index (χ1) is 14.1. The summed E-state index contributed by atoms with van der Waals surface area (Å²) in [7, 11) is 0. The Morgan fingerprint density at radius 1 is 1.03 bits per heavy atom. The Labute approximate surface area is 176 Å². The van der Waals surface area contributed by atoms with Gasteiger partial charge in [-0.25, -0.2) is 19.9 Å². The van der Waals surface area contributed by atoms with Crippen LogP contribution in [0.4, 0.5) is 17.2 Å². The Balaban J connectivity index is 1.67. The van der Waals surface area contributed by atoms with Gasteiger partial charge in [-0.3, -0.25) is 4.31 Å². The number of rotatable bonds is 3. The predicted octanol–water partition coefficient (Wildman–Crippen LogP) is 4.88. The second-order valence-electron chi connectivity index (χ2n) is 6.54. The van der Waals surface area contributed by atoms with Gasteiger partial charge in [0.25, 0.3) is 0 Å². The van der Waals surface area contributed by atoms with E-state index in [0.29, 0.717) is 22.0 Å². The molecule has 1 unspecified atom stereocenters. The van der Waals surface area contributed by atoms with Crippen LogP contribution in [-0.4, -0.2) is 25.4 Å². The number of hydrogen-bond donors (Lipinski definition) is 1. The molecule has 29 heavy (non-hydrogen) atoms. The average Bonchev–Trinajstić information content (AvgIpc) is 3.19. The Hall–Kier alpha value is -3.10. The SMILES string of the molecule is CC(C1=Nc2cccc(Cl)c2SN1c1ccccc1)n1cnc2c(N)ncnc21. The summed E-state index contributed by atoms with van der Waals surface area (Å²) in [4.78, 5) is 18.7. The molecule has 0 radical (unpaired) electrons. The van der Waals surface area contributed by atoms with Crippen LogP contribution in [0.2, 0.25) is 5.02 Å². The third-order valence-electron chi connectivity index (χ3n) is 4.74. The van der Waals surface area contributed by atoms with Crippen molar-refractivity contribution in [2.45, 2.75) is 17.9 Å². The van der Waals surface area contributed by atoms with Gasteiger partial charge in [0.15, 0.2) is 11.5 Å². The number of benzene rings is 2. The second kappa shape index (κ2) is 7.06. The summed E-state index contributed by atoms with van der Waals surface area (Å²) in [5.74, 6) is 1.20. The number of para-hydroxylation sites is 1. The number of aromatic nitrogens is 4. The molecule has 1 aliphatic heterocycles. The lowest BCUT2D eigenvalue weighted by Gasteiger charge is -2.32. The summed E-state index contributed by atoms with van der Waals surface area (Å²) in [6.45, 7) is 2.06. The van der Waals surface area contributed by atoms with Gasteiger partial charge in [-0.1, -0.05) is 35.9 Å². The lowest BCUT2D eigenvalue weighted by molar-refractivity contribution is 0.703. The maximum absolute atomic E-state index is 6.45. The van der Waals surface area contributed by atoms with E-state index in [2.05, 4.69) is 26.2 Å². The highest BCUT2D eigenvalue weighted by Gasteiger charge is 2.29. The Morgan fingerprint density at radius 2 is 1.86 bits per heavy atom. The van der Waals surface area contributed by atoms with Crippen molar-refractivity contribution in [2.75, 3.05) is 10.0 Å². The van der Waals surface area contributed by atoms with Crippen molar-refractivity contribution in [1.82, 2.24) is 19.5 Å². The zero-order valence-electron chi connectivity index (χ0n) is 15.4. The molecule has 9 heteroatoms. The van der Waals surface area contributed by atoms with Gasteiger partial charge in [0, 0.05) is 0 Å². The molecule has 0 bridgehead atoms. The molecule has 0 fully saturated rings. The first kappa shape index (κ1) is 18.0. The molecular weight excluding hydrogens is 406 g/mol. The van der Waals surface area contributed by atoms with E-state index in [-0.39, 0.29) is 6.04 Å². The molecule has 0 amide bonds. The zero-order valence-corrected chi connectivity index (χ0v) is 17.0. The van der Waals surface area contributed by atoms with Crippen LogP contribution in [0.3, 0.4) is 0 Å². The van der Waals surface area contributed by atoms with E-state index in [1.165, 1.54) is 6.33 Å². The van der Waals surface area contributed by atoms with E-state index in [9.17, 15) is 0 Å². The first-order valence-corrected chi connectivity index (χ1v) is 10.1. The zero-order chi connectivity index (χ0) is 20.0. The van der Waals surface area contributed by atoms with Crippen molar-refractivity contribution >= 4 is 57.7 Å². The molecule has 2 aromatic heterocycles. The van der Waals surface area contributed by atoms with Crippen molar-refractivity contribution in [3.05, 3.63) is 66.2 Å². The molecule has 0 saturated carbocycles. The Bertz CT molecular complexity index is 1240. The van der Waals surface area contributed by atoms with E-state index in [0.717, 1.165) is 22.1 Å². The van der Waals surface area contributed by atoms with Crippen LogP contribution in [0.5, 0.6) is 0 Å². The maximum atomic E-state index is 6.45. The number of anilines is 2. The largest absolute Gasteiger partial charge is 0.382 e. The Morgan fingerprint density at radius 3 is 2.69 bits per heavy atom. The van der Waals surface area contributed by atoms with Crippen LogP contribution in [0, 0.1) is 0 Å². The monoisotopic (exact) mass is 421 g/mol. The first-order valence-electron chi connectivity index (χ1n) is 8.96. The van der Waals surface area contributed by atoms with Gasteiger partial charge < -0.3 is 10.3 Å². The van der Waals surface area contributed by atoms with Crippen LogP contribution < -0.4 is 10.0 Å². The number of amidine groups is 1. The van der Waals surface area contributed by atoms with Crippen molar-refractivity contribution in [1.29, 1.82) is 0 Å². The molecule has 1 aliphatic rings. The highest BCUT2D eigenvalue weighted by molar-refractivity contribution is 8.01. The summed E-state index contributed by atoms with van der Waals surface area (Å²) in [6, 6.07) is 15.7. The maximum Gasteiger partial charge on any atom is 0.166 e. The molecule has 7 nitrogen and oxygen atoms in total. The Kier molecular flexibility index (Phi) is 4.37. The highest BCUT2D eigenvalue weighted by atomic mass is 35.5. The summed E-state index contributed by atoms with van der Waals surface area (Å²) in [5, 5.41) is 0.678. The van der Waals surface area contributed by atoms with Gasteiger partial charge in [-0.2, -0.15) is 0 Å². The van der Waals surface area contributed by atoms with Crippen LogP contribution in [0.25, 0.3) is 11.2 Å². The highest BCUT2D eigenvalue weighted by Crippen LogP contribution is 2.45. The van der Waals surface area contributed by atoms with Gasteiger partial charge in [0.05, 0.1) is 33.7 Å². The number of nitrogens with two attached hydrogens (primary N) is 1. The van der Waals surface area contributed by atoms with Gasteiger partial charge in [0.1, 0.15) is 17.7 Å². The number of aliphatic imine (C=N–C) groups is 1. The number of nitrogen functional groups attached to an aromatic ring is 1. The quantitative estimate of drug-likeness (QED) is 0.474. The van der Waals surface area contributed by atoms with Crippen molar-refractivity contribution in [2.24, 2.45) is 4.99 Å². The van der Waals surface area contributed by atoms with Crippen molar-refractivity contribution in [3.8, 4) is 0 Å². The molecule has 144 valence electrons. The summed E-state index contributed by atoms with van der Waals surface area (Å²) in [6.07, 6.45) is 3.17. The van der Waals surface area contributed by atoms with Crippen LogP contribution >= 0.6 is 23.5 Å². The fourth-order valence-electron chi connectivity index (χ4n) is 3.27. The lowest BCUT2D eigenvalue weighted by atomic mass is 10.2. The predicted molar refractivity (Wildman–Crippen MR) is 118 cm³/mol. The fraction of sp³-hybridized carbons (Fsp3) is 0.100. The standard InChI is InChI=1S/C20H16ClN7S/c1-12(27-11-25-16-18(22)23-10-24-20(16)27)19-26-15-9-5-8-14(21)17(15)29-28(19)13-6-3-2-4-7-13/h2-12H,1H3,(H2,22,23,24). The summed E-state index contributed by atoms with van der Waals surface area (Å²) in [5.41, 5.74) is 9.06. The van der Waals surface area contributed by atoms with E-state index in [1.54, 1.807) is 18.3 Å². The summed E-state index contributed by atoms with van der Waals surface area (Å²) >= 11 is 8.01. The van der Waals surface area contributed by atoms with E-state index < -0.39 is 0 Å². The number of halogens is 1. The topological polar surface area (TPSA) is 85.2 Å². The van der Waals surface area contributed by atoms with E-state index in [4.69, 9.17) is 22.3 Å². The smallest absolute Gasteiger partial charge is 0.166 e. The number of fused-ring (bicyclic) bond motifs is 2. The van der Waals surface area contributed by atoms with Crippen LogP contribution in [0.1, 0.15) is 13.0 Å². The molecule has 4 aromatic rings. The third-order valence-corrected chi connectivity index (χ3v) is 6.36. The number of nitrogens with zero attached hydrogens (tertiary/aromatic N) is 6. The normalized spacial score (nSPS) is 14.6. The number of hydrogen-bond acceptors (Lipinski definition) is 7. The van der Waals surface area contributed by atoms with Gasteiger partial charge in [-0.05, 0) is 43.1 Å². The third kappa shape index (κ3) is 3.01. The molecule has 1 atom stereocenters. The molecule has 0 spiro atoms. The van der Waals surface area contributed by atoms with Crippen LogP contribution in [-0.2, 0) is 0 Å². The number of imidazole rings is 1. The molecule has 3 heterocycles. The second-order valence-corrected chi connectivity index (χ2v) is 7.90.